The van der Waals surface area contributed by atoms with E-state index in [0.29, 0.717) is 0 Å². The Bertz CT molecular complexity index is 440. The van der Waals surface area contributed by atoms with E-state index in [2.05, 4.69) is 4.98 Å². The average Bonchev–Trinajstić information content (AvgIpc) is 2.34. The molecule has 17 heavy (non-hydrogen) atoms. The van der Waals surface area contributed by atoms with E-state index in [4.69, 9.17) is 9.84 Å². The summed E-state index contributed by atoms with van der Waals surface area (Å²) in [7, 11) is 0. The molecule has 1 rings (SSSR count). The van der Waals surface area contributed by atoms with Gasteiger partial charge in [-0.2, -0.15) is 0 Å². The second kappa shape index (κ2) is 6.42. The molecule has 0 fully saturated rings. The van der Waals surface area contributed by atoms with Crippen LogP contribution in [-0.2, 0) is 4.74 Å². The molecule has 0 aliphatic carbocycles. The van der Waals surface area contributed by atoms with Crippen molar-refractivity contribution in [3.63, 3.8) is 0 Å². The van der Waals surface area contributed by atoms with Gasteiger partial charge in [-0.15, -0.1) is 0 Å². The Balaban J connectivity index is 2.78. The zero-order valence-electron chi connectivity index (χ0n) is 9.42. The molecule has 0 aliphatic heterocycles. The number of hydrogen-bond acceptors (Lipinski definition) is 4. The van der Waals surface area contributed by atoms with E-state index in [1.54, 1.807) is 6.08 Å². The van der Waals surface area contributed by atoms with Gasteiger partial charge in [0.1, 0.15) is 0 Å². The second-order valence-corrected chi connectivity index (χ2v) is 3.27. The third-order valence-corrected chi connectivity index (χ3v) is 1.96. The minimum atomic E-state index is -1.21. The lowest BCUT2D eigenvalue weighted by atomic mass is 10.2. The Labute approximate surface area is 98.7 Å². The molecule has 1 heterocycles. The van der Waals surface area contributed by atoms with Crippen LogP contribution in [0.3, 0.4) is 0 Å². The van der Waals surface area contributed by atoms with Crippen LogP contribution < -0.4 is 0 Å². The Morgan fingerprint density at radius 3 is 2.94 bits per heavy atom. The van der Waals surface area contributed by atoms with Crippen LogP contribution in [0.1, 0.15) is 40.6 Å². The first-order chi connectivity index (χ1) is 8.16. The Hall–Kier alpha value is -2.17. The monoisotopic (exact) mass is 235 g/mol. The maximum Gasteiger partial charge on any atom is 0.362 e. The molecule has 0 saturated carbocycles. The molecule has 0 atom stereocenters. The number of carbonyl (C=O) groups is 2. The quantitative estimate of drug-likeness (QED) is 0.625. The third kappa shape index (κ3) is 3.71. The molecule has 0 aromatic carbocycles. The highest BCUT2D eigenvalue weighted by Gasteiger charge is 2.17. The van der Waals surface area contributed by atoms with E-state index < -0.39 is 11.9 Å². The fraction of sp³-hybridized carbons (Fsp3) is 0.250. The van der Waals surface area contributed by atoms with Gasteiger partial charge in [0.25, 0.3) is 0 Å². The van der Waals surface area contributed by atoms with Gasteiger partial charge in [-0.25, -0.2) is 14.6 Å². The average molecular weight is 235 g/mol. The predicted molar refractivity (Wildman–Crippen MR) is 60.7 cm³/mol. The van der Waals surface area contributed by atoms with E-state index in [1.165, 1.54) is 24.6 Å². The highest BCUT2D eigenvalue weighted by Crippen LogP contribution is 2.07. The standard InChI is InChI=1S/C12H13NO4/c1-2-3-4-8-17-12(16)10-9(11(14)15)6-5-7-13-10/h4-8H,2-3H2,1H3,(H,14,15). The molecular formula is C12H13NO4. The number of nitrogens with zero attached hydrogens (tertiary/aromatic N) is 1. The summed E-state index contributed by atoms with van der Waals surface area (Å²) < 4.78 is 4.78. The second-order valence-electron chi connectivity index (χ2n) is 3.27. The number of esters is 1. The number of rotatable bonds is 5. The van der Waals surface area contributed by atoms with Crippen molar-refractivity contribution < 1.29 is 19.4 Å². The molecule has 0 radical (unpaired) electrons. The van der Waals surface area contributed by atoms with Crippen molar-refractivity contribution in [2.24, 2.45) is 0 Å². The summed E-state index contributed by atoms with van der Waals surface area (Å²) in [6.07, 6.45) is 6.03. The van der Waals surface area contributed by atoms with Crippen molar-refractivity contribution in [1.29, 1.82) is 0 Å². The molecule has 1 aromatic rings. The number of aromatic nitrogens is 1. The van der Waals surface area contributed by atoms with Crippen LogP contribution in [-0.4, -0.2) is 22.0 Å². The van der Waals surface area contributed by atoms with Gasteiger partial charge in [-0.1, -0.05) is 13.3 Å². The lowest BCUT2D eigenvalue weighted by Crippen LogP contribution is -2.11. The van der Waals surface area contributed by atoms with Crippen molar-refractivity contribution in [2.75, 3.05) is 0 Å². The molecule has 1 N–H and O–H groups in total. The largest absolute Gasteiger partial charge is 0.478 e. The Morgan fingerprint density at radius 1 is 1.53 bits per heavy atom. The Kier molecular flexibility index (Phi) is 4.87. The fourth-order valence-electron chi connectivity index (χ4n) is 1.14. The molecule has 0 amide bonds. The van der Waals surface area contributed by atoms with Crippen LogP contribution in [0.5, 0.6) is 0 Å². The highest BCUT2D eigenvalue weighted by molar-refractivity contribution is 6.00. The molecule has 0 bridgehead atoms. The number of carboxylic acids is 1. The Morgan fingerprint density at radius 2 is 2.29 bits per heavy atom. The van der Waals surface area contributed by atoms with E-state index >= 15 is 0 Å². The first kappa shape index (κ1) is 12.9. The molecule has 1 aromatic heterocycles. The molecular weight excluding hydrogens is 222 g/mol. The predicted octanol–water partition coefficient (Wildman–Crippen LogP) is 2.25. The number of aromatic carboxylic acids is 1. The lowest BCUT2D eigenvalue weighted by molar-refractivity contribution is 0.0625. The van der Waals surface area contributed by atoms with Gasteiger partial charge in [-0.05, 0) is 24.6 Å². The molecule has 0 saturated heterocycles. The van der Waals surface area contributed by atoms with Crippen molar-refractivity contribution in [3.8, 4) is 0 Å². The topological polar surface area (TPSA) is 76.5 Å². The highest BCUT2D eigenvalue weighted by atomic mass is 16.5. The first-order valence-electron chi connectivity index (χ1n) is 5.21. The summed E-state index contributed by atoms with van der Waals surface area (Å²) in [5.41, 5.74) is -0.359. The first-order valence-corrected chi connectivity index (χ1v) is 5.21. The van der Waals surface area contributed by atoms with Gasteiger partial charge in [-0.3, -0.25) is 0 Å². The SMILES string of the molecule is CCCC=COC(=O)c1ncccc1C(=O)O. The normalized spacial score (nSPS) is 10.4. The smallest absolute Gasteiger partial charge is 0.362 e. The summed E-state index contributed by atoms with van der Waals surface area (Å²) in [4.78, 5) is 26.1. The van der Waals surface area contributed by atoms with Gasteiger partial charge < -0.3 is 9.84 Å². The van der Waals surface area contributed by atoms with Gasteiger partial charge >= 0.3 is 11.9 Å². The summed E-state index contributed by atoms with van der Waals surface area (Å²) >= 11 is 0. The molecule has 5 heteroatoms. The van der Waals surface area contributed by atoms with Crippen LogP contribution >= 0.6 is 0 Å². The number of ether oxygens (including phenoxy) is 1. The fourth-order valence-corrected chi connectivity index (χ4v) is 1.14. The van der Waals surface area contributed by atoms with Crippen molar-refractivity contribution in [2.45, 2.75) is 19.8 Å². The van der Waals surface area contributed by atoms with E-state index in [9.17, 15) is 9.59 Å². The summed E-state index contributed by atoms with van der Waals surface area (Å²) in [6, 6.07) is 2.76. The summed E-state index contributed by atoms with van der Waals surface area (Å²) in [5, 5.41) is 8.86. The van der Waals surface area contributed by atoms with Crippen molar-refractivity contribution in [3.05, 3.63) is 41.9 Å². The molecule has 90 valence electrons. The van der Waals surface area contributed by atoms with Crippen LogP contribution in [0, 0.1) is 0 Å². The zero-order chi connectivity index (χ0) is 12.7. The van der Waals surface area contributed by atoms with Crippen molar-refractivity contribution >= 4 is 11.9 Å². The minimum Gasteiger partial charge on any atom is -0.478 e. The lowest BCUT2D eigenvalue weighted by Gasteiger charge is -2.01. The van der Waals surface area contributed by atoms with Gasteiger partial charge in [0.2, 0.25) is 0 Å². The van der Waals surface area contributed by atoms with E-state index in [-0.39, 0.29) is 11.3 Å². The number of allylic oxidation sites excluding steroid dienone is 1. The van der Waals surface area contributed by atoms with Crippen LogP contribution in [0.4, 0.5) is 0 Å². The molecule has 0 spiro atoms. The van der Waals surface area contributed by atoms with E-state index in [0.717, 1.165) is 12.8 Å². The maximum atomic E-state index is 11.5. The van der Waals surface area contributed by atoms with Crippen LogP contribution in [0.15, 0.2) is 30.7 Å². The molecule has 0 unspecified atom stereocenters. The van der Waals surface area contributed by atoms with Crippen LogP contribution in [0.25, 0.3) is 0 Å². The van der Waals surface area contributed by atoms with Crippen LogP contribution in [0.2, 0.25) is 0 Å². The van der Waals surface area contributed by atoms with Gasteiger partial charge in [0.15, 0.2) is 5.69 Å². The van der Waals surface area contributed by atoms with Crippen molar-refractivity contribution in [1.82, 2.24) is 4.98 Å². The number of pyridine rings is 1. The number of hydrogen-bond donors (Lipinski definition) is 1. The molecule has 5 nitrogen and oxygen atoms in total. The van der Waals surface area contributed by atoms with Gasteiger partial charge in [0, 0.05) is 6.20 Å². The summed E-state index contributed by atoms with van der Waals surface area (Å²) in [5.74, 6) is -1.97. The van der Waals surface area contributed by atoms with Gasteiger partial charge in [0.05, 0.1) is 11.8 Å². The molecule has 0 aliphatic rings. The number of unbranched alkanes of at least 4 members (excludes halogenated alkanes) is 1. The number of carboxylic acid groups (broad SMARTS) is 1. The maximum absolute atomic E-state index is 11.5. The zero-order valence-corrected chi connectivity index (χ0v) is 9.42. The summed E-state index contributed by atoms with van der Waals surface area (Å²) in [6.45, 7) is 1.99. The number of carbonyl (C=O) groups excluding carboxylic acids is 1. The minimum absolute atomic E-state index is 0.165. The third-order valence-electron chi connectivity index (χ3n) is 1.96. The van der Waals surface area contributed by atoms with E-state index in [1.807, 2.05) is 6.92 Å².